The van der Waals surface area contributed by atoms with Crippen molar-refractivity contribution in [3.63, 3.8) is 0 Å². The summed E-state index contributed by atoms with van der Waals surface area (Å²) < 4.78 is 0. The van der Waals surface area contributed by atoms with Gasteiger partial charge in [0.15, 0.2) is 0 Å². The van der Waals surface area contributed by atoms with Gasteiger partial charge in [0.05, 0.1) is 12.0 Å². The van der Waals surface area contributed by atoms with Gasteiger partial charge in [0, 0.05) is 19.1 Å². The largest absolute Gasteiger partial charge is 0.481 e. The maximum atomic E-state index is 11.0. The predicted molar refractivity (Wildman–Crippen MR) is 60.1 cm³/mol. The van der Waals surface area contributed by atoms with Gasteiger partial charge in [0.2, 0.25) is 0 Å². The molecule has 16 heavy (non-hydrogen) atoms. The summed E-state index contributed by atoms with van der Waals surface area (Å²) in [5.41, 5.74) is 0. The van der Waals surface area contributed by atoms with E-state index in [-0.39, 0.29) is 24.0 Å². The van der Waals surface area contributed by atoms with Gasteiger partial charge in [-0.15, -0.1) is 0 Å². The van der Waals surface area contributed by atoms with Gasteiger partial charge in [0.25, 0.3) is 0 Å². The fourth-order valence-electron chi connectivity index (χ4n) is 3.11. The van der Waals surface area contributed by atoms with Crippen LogP contribution in [0.2, 0.25) is 0 Å². The summed E-state index contributed by atoms with van der Waals surface area (Å²) in [5, 5.41) is 19.0. The van der Waals surface area contributed by atoms with Gasteiger partial charge in [-0.1, -0.05) is 19.8 Å². The summed E-state index contributed by atoms with van der Waals surface area (Å²) in [4.78, 5) is 13.2. The molecule has 0 spiro atoms. The monoisotopic (exact) mass is 227 g/mol. The molecule has 0 aromatic heterocycles. The van der Waals surface area contributed by atoms with E-state index >= 15 is 0 Å². The zero-order valence-electron chi connectivity index (χ0n) is 9.80. The van der Waals surface area contributed by atoms with Gasteiger partial charge in [-0.2, -0.15) is 0 Å². The zero-order valence-corrected chi connectivity index (χ0v) is 9.80. The number of aliphatic hydroxyl groups excluding tert-OH is 1. The van der Waals surface area contributed by atoms with Crippen LogP contribution in [0.4, 0.5) is 0 Å². The molecule has 2 fully saturated rings. The van der Waals surface area contributed by atoms with Crippen LogP contribution in [-0.4, -0.2) is 46.3 Å². The standard InChI is InChI=1S/C12H21NO3/c1-8-6-13(7-9(8)12(15)16)10-4-2-3-5-11(10)14/h8-11,14H,2-7H2,1H3,(H,15,16). The van der Waals surface area contributed by atoms with Gasteiger partial charge in [-0.3, -0.25) is 9.69 Å². The first-order valence-electron chi connectivity index (χ1n) is 6.24. The van der Waals surface area contributed by atoms with Crippen LogP contribution in [0.5, 0.6) is 0 Å². The van der Waals surface area contributed by atoms with E-state index in [9.17, 15) is 9.90 Å². The van der Waals surface area contributed by atoms with E-state index in [4.69, 9.17) is 5.11 Å². The Balaban J connectivity index is 1.98. The molecule has 92 valence electrons. The number of hydrogen-bond donors (Lipinski definition) is 2. The van der Waals surface area contributed by atoms with Gasteiger partial charge in [-0.05, 0) is 18.8 Å². The second kappa shape index (κ2) is 4.72. The fraction of sp³-hybridized carbons (Fsp3) is 0.917. The van der Waals surface area contributed by atoms with Crippen molar-refractivity contribution in [3.8, 4) is 0 Å². The van der Waals surface area contributed by atoms with Crippen molar-refractivity contribution in [1.29, 1.82) is 0 Å². The Morgan fingerprint density at radius 1 is 1.25 bits per heavy atom. The Bertz CT molecular complexity index is 269. The summed E-state index contributed by atoms with van der Waals surface area (Å²) in [6.45, 7) is 3.42. The number of carboxylic acid groups (broad SMARTS) is 1. The zero-order chi connectivity index (χ0) is 11.7. The minimum absolute atomic E-state index is 0.195. The summed E-state index contributed by atoms with van der Waals surface area (Å²) >= 11 is 0. The van der Waals surface area contributed by atoms with Crippen molar-refractivity contribution in [1.82, 2.24) is 4.90 Å². The van der Waals surface area contributed by atoms with E-state index < -0.39 is 5.97 Å². The number of aliphatic carboxylic acids is 1. The van der Waals surface area contributed by atoms with Gasteiger partial charge in [0.1, 0.15) is 0 Å². The fourth-order valence-corrected chi connectivity index (χ4v) is 3.11. The van der Waals surface area contributed by atoms with Gasteiger partial charge >= 0.3 is 5.97 Å². The number of hydrogen-bond acceptors (Lipinski definition) is 3. The first kappa shape index (κ1) is 11.9. The van der Waals surface area contributed by atoms with E-state index in [1.54, 1.807) is 0 Å². The van der Waals surface area contributed by atoms with E-state index in [2.05, 4.69) is 4.90 Å². The molecule has 2 N–H and O–H groups in total. The van der Waals surface area contributed by atoms with Crippen molar-refractivity contribution >= 4 is 5.97 Å². The Morgan fingerprint density at radius 2 is 1.94 bits per heavy atom. The van der Waals surface area contributed by atoms with Crippen LogP contribution >= 0.6 is 0 Å². The Hall–Kier alpha value is -0.610. The number of rotatable bonds is 2. The third-order valence-electron chi connectivity index (χ3n) is 4.12. The average molecular weight is 227 g/mol. The molecule has 0 amide bonds. The third-order valence-corrected chi connectivity index (χ3v) is 4.12. The van der Waals surface area contributed by atoms with Crippen molar-refractivity contribution < 1.29 is 15.0 Å². The van der Waals surface area contributed by atoms with E-state index in [1.165, 1.54) is 0 Å². The molecule has 1 aliphatic carbocycles. The Labute approximate surface area is 96.3 Å². The number of carboxylic acids is 1. The lowest BCUT2D eigenvalue weighted by molar-refractivity contribution is -0.142. The molecule has 2 rings (SSSR count). The molecule has 1 saturated heterocycles. The lowest BCUT2D eigenvalue weighted by atomic mass is 9.91. The molecule has 1 heterocycles. The molecule has 0 aromatic rings. The molecule has 4 unspecified atom stereocenters. The Kier molecular flexibility index (Phi) is 3.50. The van der Waals surface area contributed by atoms with Crippen molar-refractivity contribution in [3.05, 3.63) is 0 Å². The molecule has 0 aromatic carbocycles. The van der Waals surface area contributed by atoms with E-state index in [0.717, 1.165) is 32.2 Å². The summed E-state index contributed by atoms with van der Waals surface area (Å²) in [7, 11) is 0. The molecule has 4 heteroatoms. The van der Waals surface area contributed by atoms with Crippen LogP contribution in [0, 0.1) is 11.8 Å². The summed E-state index contributed by atoms with van der Waals surface area (Å²) in [5.74, 6) is -0.749. The highest BCUT2D eigenvalue weighted by atomic mass is 16.4. The first-order valence-corrected chi connectivity index (χ1v) is 6.24. The minimum atomic E-state index is -0.694. The molecule has 1 aliphatic heterocycles. The number of likely N-dealkylation sites (tertiary alicyclic amines) is 1. The quantitative estimate of drug-likeness (QED) is 0.737. The smallest absolute Gasteiger partial charge is 0.308 e. The lowest BCUT2D eigenvalue weighted by Gasteiger charge is -2.35. The minimum Gasteiger partial charge on any atom is -0.481 e. The second-order valence-electron chi connectivity index (χ2n) is 5.30. The first-order chi connectivity index (χ1) is 7.59. The van der Waals surface area contributed by atoms with Crippen LogP contribution < -0.4 is 0 Å². The van der Waals surface area contributed by atoms with Crippen molar-refractivity contribution in [2.45, 2.75) is 44.8 Å². The Morgan fingerprint density at radius 3 is 2.50 bits per heavy atom. The maximum absolute atomic E-state index is 11.0. The molecule has 0 radical (unpaired) electrons. The number of carbonyl (C=O) groups is 1. The molecular formula is C12H21NO3. The van der Waals surface area contributed by atoms with Crippen LogP contribution in [0.3, 0.4) is 0 Å². The van der Waals surface area contributed by atoms with Crippen LogP contribution in [-0.2, 0) is 4.79 Å². The van der Waals surface area contributed by atoms with Gasteiger partial charge < -0.3 is 10.2 Å². The lowest BCUT2D eigenvalue weighted by Crippen LogP contribution is -2.44. The highest BCUT2D eigenvalue weighted by molar-refractivity contribution is 5.71. The van der Waals surface area contributed by atoms with E-state index in [0.29, 0.717) is 6.54 Å². The summed E-state index contributed by atoms with van der Waals surface area (Å²) in [6.07, 6.45) is 3.88. The summed E-state index contributed by atoms with van der Waals surface area (Å²) in [6, 6.07) is 0.195. The highest BCUT2D eigenvalue weighted by Crippen LogP contribution is 2.30. The predicted octanol–water partition coefficient (Wildman–Crippen LogP) is 0.942. The topological polar surface area (TPSA) is 60.8 Å². The molecular weight excluding hydrogens is 206 g/mol. The van der Waals surface area contributed by atoms with Crippen LogP contribution in [0.15, 0.2) is 0 Å². The SMILES string of the molecule is CC1CN(C2CCCCC2O)CC1C(=O)O. The third kappa shape index (κ3) is 2.23. The van der Waals surface area contributed by atoms with Gasteiger partial charge in [-0.25, -0.2) is 0 Å². The maximum Gasteiger partial charge on any atom is 0.308 e. The molecule has 0 bridgehead atoms. The van der Waals surface area contributed by atoms with Crippen LogP contribution in [0.1, 0.15) is 32.6 Å². The van der Waals surface area contributed by atoms with Crippen molar-refractivity contribution in [2.24, 2.45) is 11.8 Å². The molecule has 2 aliphatic rings. The van der Waals surface area contributed by atoms with Crippen molar-refractivity contribution in [2.75, 3.05) is 13.1 Å². The molecule has 1 saturated carbocycles. The number of nitrogens with zero attached hydrogens (tertiary/aromatic N) is 1. The van der Waals surface area contributed by atoms with E-state index in [1.807, 2.05) is 6.92 Å². The van der Waals surface area contributed by atoms with Crippen LogP contribution in [0.25, 0.3) is 0 Å². The molecule has 4 nitrogen and oxygen atoms in total. The molecule has 4 atom stereocenters. The highest BCUT2D eigenvalue weighted by Gasteiger charge is 2.40. The normalized spacial score (nSPS) is 41.1. The average Bonchev–Trinajstić information content (AvgIpc) is 2.61. The number of aliphatic hydroxyl groups is 1. The second-order valence-corrected chi connectivity index (χ2v) is 5.30.